The van der Waals surface area contributed by atoms with Crippen LogP contribution in [0.15, 0.2) is 96.0 Å². The summed E-state index contributed by atoms with van der Waals surface area (Å²) in [6, 6.07) is 9.49. The number of unbranched alkanes of at least 4 members (excludes halogenated alkanes) is 2. The lowest BCUT2D eigenvalue weighted by Crippen LogP contribution is -2.59. The number of hydrazone groups is 5. The molecule has 606 valence electrons. The van der Waals surface area contributed by atoms with Crippen molar-refractivity contribution in [3.05, 3.63) is 60.7 Å². The summed E-state index contributed by atoms with van der Waals surface area (Å²) in [6.07, 6.45) is 3.68. The lowest BCUT2D eigenvalue weighted by Gasteiger charge is -2.34. The Morgan fingerprint density at radius 1 is 0.308 bits per heavy atom. The van der Waals surface area contributed by atoms with Crippen molar-refractivity contribution in [1.29, 1.82) is 0 Å². The average molecular weight is 1710 g/mol. The maximum absolute atomic E-state index is 13.2. The summed E-state index contributed by atoms with van der Waals surface area (Å²) >= 11 is 0. The van der Waals surface area contributed by atoms with E-state index >= 15 is 0 Å². The summed E-state index contributed by atoms with van der Waals surface area (Å²) < 4.78 is 246. The molecule has 2 aromatic rings. The van der Waals surface area contributed by atoms with Gasteiger partial charge in [0.25, 0.3) is 20.0 Å². The van der Waals surface area contributed by atoms with Gasteiger partial charge in [0, 0.05) is 19.1 Å². The van der Waals surface area contributed by atoms with Crippen molar-refractivity contribution in [2.45, 2.75) is 124 Å². The normalized spacial score (nSPS) is 16.7. The van der Waals surface area contributed by atoms with Crippen LogP contribution in [0.5, 0.6) is 0 Å². The number of sulfonamides is 10. The first-order valence-electron chi connectivity index (χ1n) is 31.7. The Kier molecular flexibility index (Phi) is 33.9. The Bertz CT molecular complexity index is 4730. The molecule has 107 heavy (non-hydrogen) atoms. The topological polar surface area (TPSA) is 581 Å². The Morgan fingerprint density at radius 3 is 0.738 bits per heavy atom. The lowest BCUT2D eigenvalue weighted by atomic mass is 10.4. The molecule has 0 fully saturated rings. The van der Waals surface area contributed by atoms with Gasteiger partial charge in [-0.15, -0.1) is 0 Å². The monoisotopic (exact) mass is 1710 g/mol. The minimum atomic E-state index is -4.61. The van der Waals surface area contributed by atoms with Gasteiger partial charge in [-0.1, -0.05) is 76.9 Å². The van der Waals surface area contributed by atoms with Crippen LogP contribution in [0.25, 0.3) is 0 Å². The molecule has 5 aliphatic heterocycles. The van der Waals surface area contributed by atoms with Gasteiger partial charge in [-0.2, -0.15) is 25.5 Å². The number of nitrogens with zero attached hydrogens (tertiary/aromatic N) is 15. The quantitative estimate of drug-likeness (QED) is 0.0724. The minimum Gasteiger partial charge on any atom is -0.245 e. The number of hydrazine groups is 5. The zero-order valence-electron chi connectivity index (χ0n) is 60.3. The fourth-order valence-corrected chi connectivity index (χ4v) is 27.1. The van der Waals surface area contributed by atoms with Crippen LogP contribution in [0, 0.1) is 0 Å². The third-order valence-corrected chi connectivity index (χ3v) is 33.7. The number of benzene rings is 2. The fraction of sp³-hybridized carbons (Fsp3) is 0.577. The zero-order valence-corrected chi connectivity index (χ0v) is 68.5. The molecule has 0 aromatic heterocycles. The second-order valence-electron chi connectivity index (χ2n) is 22.9. The van der Waals surface area contributed by atoms with Crippen LogP contribution in [0.2, 0.25) is 0 Å². The van der Waals surface area contributed by atoms with Crippen molar-refractivity contribution in [1.82, 2.24) is 71.3 Å². The highest BCUT2D eigenvalue weighted by molar-refractivity contribution is 8.05. The molecule has 5 aliphatic rings. The molecule has 0 saturated carbocycles. The summed E-state index contributed by atoms with van der Waals surface area (Å²) in [4.78, 5) is 58.6. The van der Waals surface area contributed by atoms with E-state index in [0.717, 1.165) is 0 Å². The van der Waals surface area contributed by atoms with Gasteiger partial charge in [-0.05, 0) is 98.4 Å². The molecule has 10 amide bonds. The smallest absolute Gasteiger partial charge is 0.245 e. The summed E-state index contributed by atoms with van der Waals surface area (Å²) in [5.41, 5.74) is 12.3. The molecule has 0 unspecified atom stereocenters. The van der Waals surface area contributed by atoms with Gasteiger partial charge in [0.1, 0.15) is 0 Å². The van der Waals surface area contributed by atoms with Gasteiger partial charge in [0.2, 0.25) is 80.2 Å². The molecular formula is C52H88N20O25S10. The van der Waals surface area contributed by atoms with E-state index in [2.05, 4.69) is 47.2 Å². The SMILES string of the molecule is CC1=NNC(=O)N(N(S(=O)(=O)c2ccccc2)S(=O)(=O)c2ccccc2)C1.CC1=NNC(=O)N(N(S(C)(=O)=O)S(C)(=O)=O)C1.CCCCS(=O)(=O)N(N1CC(C)=NNC1=O)S(=O)(=O)CCCC.CCCS(=O)(=O)N(N1CC(C)=NNC1=O)S(=O)(=O)CCC.CCS(=O)(=O)N(N1CC(C)=NNC1=O)S(=O)(=O)CC. The van der Waals surface area contributed by atoms with Gasteiger partial charge in [0.15, 0.2) is 0 Å². The Balaban J connectivity index is 0.000000350. The van der Waals surface area contributed by atoms with Crippen LogP contribution in [0.3, 0.4) is 0 Å². The van der Waals surface area contributed by atoms with Gasteiger partial charge in [0.05, 0.1) is 118 Å². The first-order valence-corrected chi connectivity index (χ1v) is 47.9. The third kappa shape index (κ3) is 25.5. The van der Waals surface area contributed by atoms with Crippen molar-refractivity contribution in [3.63, 3.8) is 0 Å². The largest absolute Gasteiger partial charge is 0.354 e. The molecule has 55 heteroatoms. The number of amides is 10. The van der Waals surface area contributed by atoms with Gasteiger partial charge in [-0.25, -0.2) is 160 Å². The molecule has 0 radical (unpaired) electrons. The van der Waals surface area contributed by atoms with E-state index in [0.29, 0.717) is 91.8 Å². The molecule has 0 spiro atoms. The van der Waals surface area contributed by atoms with E-state index in [4.69, 9.17) is 0 Å². The molecule has 5 N–H and O–H groups in total. The van der Waals surface area contributed by atoms with Crippen molar-refractivity contribution in [3.8, 4) is 0 Å². The summed E-state index contributed by atoms with van der Waals surface area (Å²) in [7, 11) is -42.4. The number of hydrogen-bond donors (Lipinski definition) is 5. The number of urea groups is 5. The van der Waals surface area contributed by atoms with Crippen molar-refractivity contribution in [2.24, 2.45) is 25.5 Å². The van der Waals surface area contributed by atoms with E-state index < -0.39 is 142 Å². The van der Waals surface area contributed by atoms with Gasteiger partial charge in [-0.3, -0.25) is 0 Å². The van der Waals surface area contributed by atoms with E-state index in [1.54, 1.807) is 60.6 Å². The van der Waals surface area contributed by atoms with Gasteiger partial charge < -0.3 is 0 Å². The molecule has 45 nitrogen and oxygen atoms in total. The molecule has 5 heterocycles. The highest BCUT2D eigenvalue weighted by atomic mass is 32.3. The van der Waals surface area contributed by atoms with Crippen molar-refractivity contribution < 1.29 is 108 Å². The number of rotatable bonds is 29. The van der Waals surface area contributed by atoms with E-state index in [1.807, 2.05) is 5.43 Å². The van der Waals surface area contributed by atoms with Crippen LogP contribution in [-0.4, -0.2) is 267 Å². The van der Waals surface area contributed by atoms with E-state index in [-0.39, 0.29) is 97.5 Å². The number of nitrogens with one attached hydrogen (secondary N) is 5. The fourth-order valence-electron chi connectivity index (χ4n) is 8.76. The predicted molar refractivity (Wildman–Crippen MR) is 392 cm³/mol. The van der Waals surface area contributed by atoms with Crippen LogP contribution < -0.4 is 27.1 Å². The van der Waals surface area contributed by atoms with E-state index in [9.17, 15) is 108 Å². The van der Waals surface area contributed by atoms with Crippen LogP contribution in [0.1, 0.15) is 115 Å². The maximum atomic E-state index is 13.2. The lowest BCUT2D eigenvalue weighted by molar-refractivity contribution is 0.152. The maximum Gasteiger partial charge on any atom is 0.354 e. The molecule has 2 aromatic carbocycles. The van der Waals surface area contributed by atoms with Crippen molar-refractivity contribution in [2.75, 3.05) is 79.8 Å². The third-order valence-electron chi connectivity index (χ3n) is 13.4. The standard InChI is InChI=1S/C16H16N4O5S2.C12H24N4O5S2.C10H20N4O5S2.C8H16N4O5S2.C6H12N4O5S2/c1-13-12-19(16(21)18-17-13)20(26(22,23)14-8-4-2-5-9-14)27(24,25)15-10-6-3-7-11-15;1-4-6-8-22(18,19)16(23(20,21)9-7-5-2)15-10-11(3)13-14-12(15)17;1-4-6-20(16,17)14(21(18,19)7-5-2)13-8-9(3)11-12-10(13)15;1-4-18(14,15)12(19(16,17)5-2)11-6-7(3)9-10-8(11)13;1-5-4-9(6(11)8-7-5)10(16(2,12)13)17(3,14)15/h2-11H,12H2,1H3,(H,18,21);4-10H2,1-3H3,(H,14,17);4-8H2,1-3H3,(H,12,15);4-6H2,1-3H3,(H,10,13);4H2,1-3H3,(H,8,11). The second-order valence-corrected chi connectivity index (χ2v) is 43.1. The minimum absolute atomic E-state index is 0.0491. The Morgan fingerprint density at radius 2 is 0.523 bits per heavy atom. The van der Waals surface area contributed by atoms with Crippen molar-refractivity contribution >= 4 is 159 Å². The van der Waals surface area contributed by atoms with Gasteiger partial charge >= 0.3 is 30.2 Å². The number of carbonyl (C=O) groups is 5. The molecule has 0 aliphatic carbocycles. The Hall–Kier alpha value is -7.56. The second kappa shape index (κ2) is 38.7. The summed E-state index contributed by atoms with van der Waals surface area (Å²) in [5.74, 6) is -2.28. The summed E-state index contributed by atoms with van der Waals surface area (Å²) in [6.45, 7) is 16.1. The predicted octanol–water partition coefficient (Wildman–Crippen LogP) is 0.158. The molecule has 0 saturated heterocycles. The Labute approximate surface area is 624 Å². The summed E-state index contributed by atoms with van der Waals surface area (Å²) in [5, 5.41) is 21.4. The first-order chi connectivity index (χ1) is 49.2. The van der Waals surface area contributed by atoms with E-state index in [1.165, 1.54) is 76.2 Å². The molecule has 7 rings (SSSR count). The number of carbonyl (C=O) groups excluding carboxylic acids is 5. The zero-order chi connectivity index (χ0) is 81.9. The molecule has 0 atom stereocenters. The highest BCUT2D eigenvalue weighted by Crippen LogP contribution is 2.28. The number of hydrogen-bond acceptors (Lipinski definition) is 30. The molecular weight excluding hydrogens is 1630 g/mol. The molecule has 0 bridgehead atoms. The first kappa shape index (κ1) is 93.6. The van der Waals surface area contributed by atoms with Crippen LogP contribution in [-0.2, 0) is 100 Å². The average Bonchev–Trinajstić information content (AvgIpc) is 0.738. The van der Waals surface area contributed by atoms with Crippen LogP contribution in [0.4, 0.5) is 24.0 Å². The highest BCUT2D eigenvalue weighted by Gasteiger charge is 2.48. The van der Waals surface area contributed by atoms with Crippen LogP contribution >= 0.6 is 0 Å².